The quantitative estimate of drug-likeness (QED) is 0.771. The van der Waals surface area contributed by atoms with E-state index in [-0.39, 0.29) is 17.5 Å². The molecule has 1 fully saturated rings. The molecule has 0 radical (unpaired) electrons. The summed E-state index contributed by atoms with van der Waals surface area (Å²) in [7, 11) is 0. The van der Waals surface area contributed by atoms with Crippen LogP contribution in [0.3, 0.4) is 0 Å². The van der Waals surface area contributed by atoms with Crippen molar-refractivity contribution in [2.75, 3.05) is 11.9 Å². The van der Waals surface area contributed by atoms with E-state index in [9.17, 15) is 9.90 Å². The predicted octanol–water partition coefficient (Wildman–Crippen LogP) is 1.26. The van der Waals surface area contributed by atoms with Crippen LogP contribution in [0.4, 0.5) is 5.82 Å². The number of pyridine rings is 1. The molecule has 0 aromatic carbocycles. The Kier molecular flexibility index (Phi) is 4.47. The normalized spacial score (nSPS) is 24.0. The summed E-state index contributed by atoms with van der Waals surface area (Å²) < 4.78 is 1.65. The summed E-state index contributed by atoms with van der Waals surface area (Å²) >= 11 is 0. The van der Waals surface area contributed by atoms with E-state index < -0.39 is 6.10 Å². The topological polar surface area (TPSA) is 95.8 Å². The number of anilines is 1. The van der Waals surface area contributed by atoms with Crippen LogP contribution < -0.4 is 11.0 Å². The minimum Gasteiger partial charge on any atom is -0.393 e. The van der Waals surface area contributed by atoms with Crippen LogP contribution in [-0.2, 0) is 6.54 Å². The van der Waals surface area contributed by atoms with Crippen LogP contribution in [0.5, 0.6) is 0 Å². The van der Waals surface area contributed by atoms with Crippen LogP contribution in [-0.4, -0.2) is 37.5 Å². The lowest BCUT2D eigenvalue weighted by atomic mass is 10.0. The van der Waals surface area contributed by atoms with Crippen molar-refractivity contribution in [1.29, 1.82) is 0 Å². The Hall–Kier alpha value is -2.15. The number of aromatic amines is 1. The summed E-state index contributed by atoms with van der Waals surface area (Å²) in [5, 5.41) is 20.3. The second-order valence-electron chi connectivity index (χ2n) is 6.17. The lowest BCUT2D eigenvalue weighted by molar-refractivity contribution is 0.137. The first-order valence-corrected chi connectivity index (χ1v) is 8.09. The van der Waals surface area contributed by atoms with Gasteiger partial charge in [0, 0.05) is 30.6 Å². The number of hydrogen-bond donors (Lipinski definition) is 3. The van der Waals surface area contributed by atoms with E-state index in [1.807, 2.05) is 32.0 Å². The van der Waals surface area contributed by atoms with Gasteiger partial charge in [-0.15, -0.1) is 0 Å². The third-order valence-electron chi connectivity index (χ3n) is 4.56. The molecule has 3 rings (SSSR count). The molecule has 23 heavy (non-hydrogen) atoms. The van der Waals surface area contributed by atoms with Crippen molar-refractivity contribution in [2.24, 2.45) is 5.92 Å². The van der Waals surface area contributed by atoms with Gasteiger partial charge < -0.3 is 10.4 Å². The molecule has 3 atom stereocenters. The van der Waals surface area contributed by atoms with Crippen molar-refractivity contribution in [1.82, 2.24) is 19.7 Å². The molecule has 0 spiro atoms. The number of aliphatic hydroxyl groups excluding tert-OH is 1. The van der Waals surface area contributed by atoms with Crippen molar-refractivity contribution >= 4 is 5.82 Å². The molecular formula is C16H23N5O2. The molecule has 124 valence electrons. The lowest BCUT2D eigenvalue weighted by Gasteiger charge is -2.15. The van der Waals surface area contributed by atoms with E-state index in [0.29, 0.717) is 19.5 Å². The first-order valence-electron chi connectivity index (χ1n) is 8.09. The number of nitrogens with zero attached hydrogens (tertiary/aromatic N) is 3. The third-order valence-corrected chi connectivity index (χ3v) is 4.56. The fourth-order valence-electron chi connectivity index (χ4n) is 3.36. The molecular weight excluding hydrogens is 294 g/mol. The Morgan fingerprint density at radius 1 is 1.43 bits per heavy atom. The number of aliphatic hydroxyl groups is 1. The number of aromatic nitrogens is 4. The van der Waals surface area contributed by atoms with Gasteiger partial charge in [-0.2, -0.15) is 5.10 Å². The highest BCUT2D eigenvalue weighted by molar-refractivity contribution is 5.35. The SMILES string of the molecule is CCn1c([C@H]2C[C@H](CNc3cccc(C)n3)[C@H](O)C2)n[nH]c1=O. The zero-order valence-corrected chi connectivity index (χ0v) is 13.5. The summed E-state index contributed by atoms with van der Waals surface area (Å²) in [5.41, 5.74) is 0.783. The van der Waals surface area contributed by atoms with Crippen LogP contribution in [0.1, 0.15) is 37.2 Å². The third kappa shape index (κ3) is 3.29. The molecule has 0 bridgehead atoms. The summed E-state index contributed by atoms with van der Waals surface area (Å²) in [4.78, 5) is 16.1. The molecule has 0 saturated heterocycles. The van der Waals surface area contributed by atoms with Crippen molar-refractivity contribution < 1.29 is 5.11 Å². The molecule has 1 saturated carbocycles. The molecule has 1 aliphatic carbocycles. The molecule has 0 aliphatic heterocycles. The average molecular weight is 317 g/mol. The Bertz CT molecular complexity index is 723. The molecule has 0 amide bonds. The van der Waals surface area contributed by atoms with Crippen LogP contribution in [0.2, 0.25) is 0 Å². The van der Waals surface area contributed by atoms with Crippen molar-refractivity contribution in [3.8, 4) is 0 Å². The molecule has 2 aromatic heterocycles. The largest absolute Gasteiger partial charge is 0.393 e. The van der Waals surface area contributed by atoms with Gasteiger partial charge in [0.25, 0.3) is 0 Å². The first-order chi connectivity index (χ1) is 11.1. The van der Waals surface area contributed by atoms with E-state index in [2.05, 4.69) is 20.5 Å². The standard InChI is InChI=1S/C16H23N5O2/c1-3-21-15(19-20-16(21)23)11-7-12(13(22)8-11)9-17-14-6-4-5-10(2)18-14/h4-6,11-13,22H,3,7-9H2,1-2H3,(H,17,18)(H,20,23)/t11-,12+,13+/m0/s1. The zero-order chi connectivity index (χ0) is 16.4. The predicted molar refractivity (Wildman–Crippen MR) is 87.5 cm³/mol. The molecule has 7 nitrogen and oxygen atoms in total. The van der Waals surface area contributed by atoms with Gasteiger partial charge in [-0.3, -0.25) is 4.57 Å². The Balaban J connectivity index is 1.65. The Morgan fingerprint density at radius 3 is 3.00 bits per heavy atom. The second-order valence-corrected chi connectivity index (χ2v) is 6.17. The van der Waals surface area contributed by atoms with E-state index >= 15 is 0 Å². The number of aryl methyl sites for hydroxylation is 1. The number of hydrogen-bond acceptors (Lipinski definition) is 5. The molecule has 3 N–H and O–H groups in total. The summed E-state index contributed by atoms with van der Waals surface area (Å²) in [6, 6.07) is 5.84. The van der Waals surface area contributed by atoms with Crippen LogP contribution >= 0.6 is 0 Å². The summed E-state index contributed by atoms with van der Waals surface area (Å²) in [5.74, 6) is 1.82. The number of rotatable bonds is 5. The highest BCUT2D eigenvalue weighted by atomic mass is 16.3. The van der Waals surface area contributed by atoms with Gasteiger partial charge in [-0.05, 0) is 38.8 Å². The molecule has 1 aliphatic rings. The Morgan fingerprint density at radius 2 is 2.26 bits per heavy atom. The van der Waals surface area contributed by atoms with Gasteiger partial charge in [0.05, 0.1) is 6.10 Å². The first kappa shape index (κ1) is 15.7. The monoisotopic (exact) mass is 317 g/mol. The van der Waals surface area contributed by atoms with Gasteiger partial charge in [0.1, 0.15) is 11.6 Å². The minimum atomic E-state index is -0.394. The van der Waals surface area contributed by atoms with Gasteiger partial charge >= 0.3 is 5.69 Å². The zero-order valence-electron chi connectivity index (χ0n) is 13.5. The molecule has 2 aromatic rings. The van der Waals surface area contributed by atoms with Gasteiger partial charge in [0.15, 0.2) is 0 Å². The average Bonchev–Trinajstić information content (AvgIpc) is 3.08. The Labute approximate surface area is 134 Å². The van der Waals surface area contributed by atoms with E-state index in [1.165, 1.54) is 0 Å². The minimum absolute atomic E-state index is 0.112. The van der Waals surface area contributed by atoms with Crippen LogP contribution in [0.15, 0.2) is 23.0 Å². The van der Waals surface area contributed by atoms with Gasteiger partial charge in [-0.25, -0.2) is 14.9 Å². The molecule has 7 heteroatoms. The van der Waals surface area contributed by atoms with Crippen LogP contribution in [0, 0.1) is 12.8 Å². The lowest BCUT2D eigenvalue weighted by Crippen LogP contribution is -2.22. The fourth-order valence-corrected chi connectivity index (χ4v) is 3.36. The highest BCUT2D eigenvalue weighted by Gasteiger charge is 2.36. The summed E-state index contributed by atoms with van der Waals surface area (Å²) in [6.07, 6.45) is 1.05. The number of H-pyrrole nitrogens is 1. The maximum atomic E-state index is 11.7. The molecule has 0 unspecified atom stereocenters. The van der Waals surface area contributed by atoms with Gasteiger partial charge in [0.2, 0.25) is 0 Å². The maximum Gasteiger partial charge on any atom is 0.343 e. The van der Waals surface area contributed by atoms with Crippen molar-refractivity contribution in [3.05, 3.63) is 40.2 Å². The molecule has 2 heterocycles. The summed E-state index contributed by atoms with van der Waals surface area (Å²) in [6.45, 7) is 5.13. The number of nitrogens with one attached hydrogen (secondary N) is 2. The maximum absolute atomic E-state index is 11.7. The van der Waals surface area contributed by atoms with E-state index in [1.54, 1.807) is 4.57 Å². The van der Waals surface area contributed by atoms with Crippen LogP contribution in [0.25, 0.3) is 0 Å². The van der Waals surface area contributed by atoms with Crippen molar-refractivity contribution in [2.45, 2.75) is 45.3 Å². The van der Waals surface area contributed by atoms with Crippen molar-refractivity contribution in [3.63, 3.8) is 0 Å². The highest BCUT2D eigenvalue weighted by Crippen LogP contribution is 2.37. The second kappa shape index (κ2) is 6.54. The fraction of sp³-hybridized carbons (Fsp3) is 0.562. The van der Waals surface area contributed by atoms with E-state index in [4.69, 9.17) is 0 Å². The smallest absolute Gasteiger partial charge is 0.343 e. The van der Waals surface area contributed by atoms with E-state index in [0.717, 1.165) is 23.8 Å². The van der Waals surface area contributed by atoms with Gasteiger partial charge in [-0.1, -0.05) is 6.07 Å².